The summed E-state index contributed by atoms with van der Waals surface area (Å²) in [6.07, 6.45) is 1.08. The van der Waals surface area contributed by atoms with Gasteiger partial charge in [-0.25, -0.2) is 4.98 Å². The fraction of sp³-hybridized carbons (Fsp3) is 0. The average Bonchev–Trinajstić information content (AvgIpc) is 2.37. The second kappa shape index (κ2) is 2.82. The van der Waals surface area contributed by atoms with Crippen molar-refractivity contribution in [1.29, 1.82) is 0 Å². The number of aromatic amines is 1. The molecule has 0 atom stereocenters. The Bertz CT molecular complexity index is 291. The van der Waals surface area contributed by atoms with Gasteiger partial charge in [0, 0.05) is 6.07 Å². The molecule has 0 amide bonds. The molecule has 1 aromatic rings. The van der Waals surface area contributed by atoms with Crippen molar-refractivity contribution < 1.29 is 10.1 Å². The molecule has 0 aliphatic heterocycles. The van der Waals surface area contributed by atoms with E-state index in [1.165, 1.54) is 12.1 Å². The van der Waals surface area contributed by atoms with Gasteiger partial charge in [0.05, 0.1) is 0 Å². The van der Waals surface area contributed by atoms with Crippen LogP contribution in [0.15, 0.2) is 17.3 Å². The zero-order valence-electron chi connectivity index (χ0n) is 5.39. The van der Waals surface area contributed by atoms with Gasteiger partial charge in [0.15, 0.2) is 0 Å². The molecule has 0 saturated carbocycles. The Labute approximate surface area is 61.3 Å². The molecule has 58 valence electrons. The van der Waals surface area contributed by atoms with Crippen LogP contribution in [0.25, 0.3) is 0 Å². The normalized spacial score (nSPS) is 10.5. The minimum atomic E-state index is -0.561. The lowest BCUT2D eigenvalue weighted by Gasteiger charge is -1.85. The SMILES string of the molecule is O=[N+]([O-])c1ccc(/C=N/O)[nH]1. The summed E-state index contributed by atoms with van der Waals surface area (Å²) >= 11 is 0. The average molecular weight is 155 g/mol. The maximum Gasteiger partial charge on any atom is 0.321 e. The summed E-state index contributed by atoms with van der Waals surface area (Å²) in [5, 5.41) is 20.8. The maximum atomic E-state index is 10.1. The van der Waals surface area contributed by atoms with E-state index in [2.05, 4.69) is 10.1 Å². The highest BCUT2D eigenvalue weighted by molar-refractivity contribution is 5.77. The van der Waals surface area contributed by atoms with Crippen molar-refractivity contribution in [1.82, 2.24) is 4.98 Å². The monoisotopic (exact) mass is 155 g/mol. The van der Waals surface area contributed by atoms with Crippen LogP contribution in [0, 0.1) is 10.1 Å². The molecule has 0 unspecified atom stereocenters. The molecule has 0 saturated heterocycles. The highest BCUT2D eigenvalue weighted by Gasteiger charge is 2.05. The Morgan fingerprint density at radius 1 is 1.73 bits per heavy atom. The van der Waals surface area contributed by atoms with E-state index in [1.54, 1.807) is 0 Å². The van der Waals surface area contributed by atoms with E-state index in [1.807, 2.05) is 0 Å². The first-order valence-corrected chi connectivity index (χ1v) is 2.75. The van der Waals surface area contributed by atoms with Crippen LogP contribution in [-0.2, 0) is 0 Å². The lowest BCUT2D eigenvalue weighted by atomic mass is 10.5. The molecule has 0 spiro atoms. The quantitative estimate of drug-likeness (QED) is 0.285. The van der Waals surface area contributed by atoms with Crippen LogP contribution in [0.3, 0.4) is 0 Å². The first-order chi connectivity index (χ1) is 5.24. The molecule has 0 aliphatic rings. The molecule has 6 heteroatoms. The smallest absolute Gasteiger partial charge is 0.321 e. The van der Waals surface area contributed by atoms with Gasteiger partial charge < -0.3 is 15.3 Å². The van der Waals surface area contributed by atoms with Crippen molar-refractivity contribution in [2.45, 2.75) is 0 Å². The van der Waals surface area contributed by atoms with Crippen LogP contribution in [0.5, 0.6) is 0 Å². The van der Waals surface area contributed by atoms with Crippen molar-refractivity contribution in [3.8, 4) is 0 Å². The van der Waals surface area contributed by atoms with Crippen LogP contribution >= 0.6 is 0 Å². The molecule has 0 bridgehead atoms. The summed E-state index contributed by atoms with van der Waals surface area (Å²) in [7, 11) is 0. The Hall–Kier alpha value is -1.85. The lowest BCUT2D eigenvalue weighted by Crippen LogP contribution is -1.88. The number of hydrogen-bond acceptors (Lipinski definition) is 4. The van der Waals surface area contributed by atoms with Gasteiger partial charge in [-0.15, -0.1) is 0 Å². The van der Waals surface area contributed by atoms with Crippen molar-refractivity contribution >= 4 is 12.0 Å². The number of hydrogen-bond donors (Lipinski definition) is 2. The van der Waals surface area contributed by atoms with Gasteiger partial charge in [-0.3, -0.25) is 0 Å². The third-order valence-corrected chi connectivity index (χ3v) is 1.09. The summed E-state index contributed by atoms with van der Waals surface area (Å²) in [6.45, 7) is 0. The number of aromatic nitrogens is 1. The Balaban J connectivity index is 2.90. The van der Waals surface area contributed by atoms with E-state index in [9.17, 15) is 10.1 Å². The lowest BCUT2D eigenvalue weighted by molar-refractivity contribution is -0.389. The molecule has 0 fully saturated rings. The van der Waals surface area contributed by atoms with Gasteiger partial charge in [0.2, 0.25) is 0 Å². The van der Waals surface area contributed by atoms with Crippen molar-refractivity contribution in [2.75, 3.05) is 0 Å². The Morgan fingerprint density at radius 2 is 2.45 bits per heavy atom. The first kappa shape index (κ1) is 7.26. The zero-order valence-corrected chi connectivity index (χ0v) is 5.39. The molecule has 1 heterocycles. The molecule has 1 rings (SSSR count). The van der Waals surface area contributed by atoms with E-state index < -0.39 is 4.92 Å². The largest absolute Gasteiger partial charge is 0.411 e. The zero-order chi connectivity index (χ0) is 8.27. The fourth-order valence-corrected chi connectivity index (χ4v) is 0.644. The topological polar surface area (TPSA) is 91.5 Å². The van der Waals surface area contributed by atoms with Crippen molar-refractivity contribution in [3.63, 3.8) is 0 Å². The van der Waals surface area contributed by atoms with Gasteiger partial charge in [0.25, 0.3) is 0 Å². The number of oxime groups is 1. The second-order valence-electron chi connectivity index (χ2n) is 1.80. The fourth-order valence-electron chi connectivity index (χ4n) is 0.644. The first-order valence-electron chi connectivity index (χ1n) is 2.75. The van der Waals surface area contributed by atoms with Crippen LogP contribution in [0.4, 0.5) is 5.82 Å². The van der Waals surface area contributed by atoms with E-state index in [0.29, 0.717) is 5.69 Å². The van der Waals surface area contributed by atoms with Crippen molar-refractivity contribution in [3.05, 3.63) is 27.9 Å². The van der Waals surface area contributed by atoms with E-state index in [4.69, 9.17) is 5.21 Å². The highest BCUT2D eigenvalue weighted by Crippen LogP contribution is 2.07. The van der Waals surface area contributed by atoms with Crippen LogP contribution < -0.4 is 0 Å². The molecule has 0 aromatic carbocycles. The second-order valence-corrected chi connectivity index (χ2v) is 1.80. The minimum Gasteiger partial charge on any atom is -0.411 e. The predicted molar refractivity (Wildman–Crippen MR) is 36.8 cm³/mol. The molecule has 1 aromatic heterocycles. The summed E-state index contributed by atoms with van der Waals surface area (Å²) in [5.74, 6) is -0.125. The van der Waals surface area contributed by atoms with E-state index in [0.717, 1.165) is 6.21 Å². The standard InChI is InChI=1S/C5H5N3O3/c9-6-3-4-1-2-5(7-4)8(10)11/h1-3,7,9H/b6-3+. The number of H-pyrrole nitrogens is 1. The van der Waals surface area contributed by atoms with E-state index in [-0.39, 0.29) is 5.82 Å². The van der Waals surface area contributed by atoms with Gasteiger partial charge in [-0.1, -0.05) is 5.16 Å². The Kier molecular flexibility index (Phi) is 1.86. The van der Waals surface area contributed by atoms with Crippen molar-refractivity contribution in [2.24, 2.45) is 5.16 Å². The van der Waals surface area contributed by atoms with Gasteiger partial charge in [0.1, 0.15) is 11.9 Å². The van der Waals surface area contributed by atoms with Gasteiger partial charge >= 0.3 is 5.82 Å². The molecule has 0 radical (unpaired) electrons. The third kappa shape index (κ3) is 1.54. The third-order valence-electron chi connectivity index (χ3n) is 1.09. The molecule has 11 heavy (non-hydrogen) atoms. The predicted octanol–water partition coefficient (Wildman–Crippen LogP) is 0.731. The van der Waals surface area contributed by atoms with Crippen LogP contribution in [0.1, 0.15) is 5.69 Å². The van der Waals surface area contributed by atoms with Crippen LogP contribution in [-0.4, -0.2) is 21.3 Å². The molecule has 6 nitrogen and oxygen atoms in total. The number of rotatable bonds is 2. The molecule has 0 aliphatic carbocycles. The summed E-state index contributed by atoms with van der Waals surface area (Å²) in [4.78, 5) is 11.9. The maximum absolute atomic E-state index is 10.1. The summed E-state index contributed by atoms with van der Waals surface area (Å²) < 4.78 is 0. The summed E-state index contributed by atoms with van der Waals surface area (Å²) in [6, 6.07) is 2.73. The van der Waals surface area contributed by atoms with Crippen LogP contribution in [0.2, 0.25) is 0 Å². The van der Waals surface area contributed by atoms with Gasteiger partial charge in [-0.2, -0.15) is 0 Å². The number of nitro groups is 1. The van der Waals surface area contributed by atoms with E-state index >= 15 is 0 Å². The Morgan fingerprint density at radius 3 is 2.91 bits per heavy atom. The minimum absolute atomic E-state index is 0.125. The molecular formula is C5H5N3O3. The summed E-state index contributed by atoms with van der Waals surface area (Å²) in [5.41, 5.74) is 0.388. The molecular weight excluding hydrogens is 150 g/mol. The number of nitrogens with one attached hydrogen (secondary N) is 1. The highest BCUT2D eigenvalue weighted by atomic mass is 16.6. The molecule has 2 N–H and O–H groups in total. The van der Waals surface area contributed by atoms with Gasteiger partial charge in [-0.05, 0) is 11.0 Å². The number of nitrogens with zero attached hydrogens (tertiary/aromatic N) is 2.